The van der Waals surface area contributed by atoms with E-state index in [9.17, 15) is 9.59 Å². The molecule has 0 radical (unpaired) electrons. The van der Waals surface area contributed by atoms with Crippen molar-refractivity contribution in [1.29, 1.82) is 0 Å². The molecule has 30 heavy (non-hydrogen) atoms. The summed E-state index contributed by atoms with van der Waals surface area (Å²) in [5.74, 6) is 0.983. The Morgan fingerprint density at radius 2 is 1.73 bits per heavy atom. The van der Waals surface area contributed by atoms with E-state index >= 15 is 0 Å². The van der Waals surface area contributed by atoms with Crippen LogP contribution in [0.5, 0.6) is 5.75 Å². The quantitative estimate of drug-likeness (QED) is 0.644. The maximum absolute atomic E-state index is 12.6. The van der Waals surface area contributed by atoms with E-state index in [2.05, 4.69) is 15.5 Å². The van der Waals surface area contributed by atoms with Crippen molar-refractivity contribution in [2.24, 2.45) is 0 Å². The second-order valence-electron chi connectivity index (χ2n) is 7.02. The Balaban J connectivity index is 1.55. The minimum atomic E-state index is -0.257. The van der Waals surface area contributed by atoms with Gasteiger partial charge in [-0.1, -0.05) is 23.4 Å². The molecule has 0 saturated heterocycles. The summed E-state index contributed by atoms with van der Waals surface area (Å²) >= 11 is 0. The molecule has 1 heterocycles. The summed E-state index contributed by atoms with van der Waals surface area (Å²) in [6.07, 6.45) is 0. The third-order valence-electron chi connectivity index (χ3n) is 4.51. The topological polar surface area (TPSA) is 97.6 Å². The molecule has 1 N–H and O–H groups in total. The monoisotopic (exact) mass is 408 g/mol. The summed E-state index contributed by atoms with van der Waals surface area (Å²) in [4.78, 5) is 30.5. The highest BCUT2D eigenvalue weighted by atomic mass is 16.5. The number of aromatic nitrogens is 2. The highest BCUT2D eigenvalue weighted by molar-refractivity contribution is 5.99. The lowest BCUT2D eigenvalue weighted by atomic mass is 10.1. The Hall–Kier alpha value is -3.68. The van der Waals surface area contributed by atoms with E-state index in [1.807, 2.05) is 32.0 Å². The summed E-state index contributed by atoms with van der Waals surface area (Å²) in [5.41, 5.74) is 3.19. The van der Waals surface area contributed by atoms with Gasteiger partial charge >= 0.3 is 0 Å². The van der Waals surface area contributed by atoms with Gasteiger partial charge in [0.15, 0.2) is 6.61 Å². The van der Waals surface area contributed by atoms with Crippen molar-refractivity contribution in [3.8, 4) is 5.75 Å². The molecule has 0 aliphatic carbocycles. The zero-order chi connectivity index (χ0) is 21.7. The highest BCUT2D eigenvalue weighted by Crippen LogP contribution is 2.19. The lowest BCUT2D eigenvalue weighted by molar-refractivity contribution is -0.116. The summed E-state index contributed by atoms with van der Waals surface area (Å²) in [6, 6.07) is 12.5. The van der Waals surface area contributed by atoms with Crippen LogP contribution in [0, 0.1) is 20.8 Å². The number of carbonyl (C=O) groups is 2. The van der Waals surface area contributed by atoms with Gasteiger partial charge in [0, 0.05) is 25.2 Å². The number of anilines is 1. The third-order valence-corrected chi connectivity index (χ3v) is 4.51. The molecule has 2 amide bonds. The van der Waals surface area contributed by atoms with Gasteiger partial charge in [0.2, 0.25) is 17.6 Å². The van der Waals surface area contributed by atoms with Crippen LogP contribution in [-0.4, -0.2) is 40.4 Å². The van der Waals surface area contributed by atoms with E-state index in [0.717, 1.165) is 16.8 Å². The minimum absolute atomic E-state index is 0.0535. The molecule has 0 unspecified atom stereocenters. The summed E-state index contributed by atoms with van der Waals surface area (Å²) in [7, 11) is 1.59. The van der Waals surface area contributed by atoms with Crippen molar-refractivity contribution in [3.63, 3.8) is 0 Å². The Morgan fingerprint density at radius 3 is 2.33 bits per heavy atom. The average Bonchev–Trinajstić information content (AvgIpc) is 3.14. The van der Waals surface area contributed by atoms with Crippen LogP contribution in [0.4, 0.5) is 5.69 Å². The van der Waals surface area contributed by atoms with Crippen LogP contribution >= 0.6 is 0 Å². The zero-order valence-electron chi connectivity index (χ0n) is 17.4. The van der Waals surface area contributed by atoms with Gasteiger partial charge in [-0.3, -0.25) is 9.59 Å². The first-order valence-electron chi connectivity index (χ1n) is 9.47. The fourth-order valence-corrected chi connectivity index (χ4v) is 2.94. The van der Waals surface area contributed by atoms with Gasteiger partial charge in [0.05, 0.1) is 6.54 Å². The maximum Gasteiger partial charge on any atom is 0.254 e. The van der Waals surface area contributed by atoms with Crippen molar-refractivity contribution in [2.45, 2.75) is 27.4 Å². The number of nitrogens with zero attached hydrogens (tertiary/aromatic N) is 3. The molecule has 0 aliphatic rings. The smallest absolute Gasteiger partial charge is 0.254 e. The van der Waals surface area contributed by atoms with Crippen LogP contribution in [0.3, 0.4) is 0 Å². The lowest BCUT2D eigenvalue weighted by Crippen LogP contribution is -2.35. The number of aryl methyl sites for hydroxylation is 3. The number of hydrogen-bond donors (Lipinski definition) is 1. The largest absolute Gasteiger partial charge is 0.485 e. The Morgan fingerprint density at radius 1 is 1.07 bits per heavy atom. The molecule has 8 nitrogen and oxygen atoms in total. The van der Waals surface area contributed by atoms with E-state index in [1.165, 1.54) is 4.90 Å². The molecule has 8 heteroatoms. The number of para-hydroxylation sites is 1. The van der Waals surface area contributed by atoms with Gasteiger partial charge in [-0.15, -0.1) is 0 Å². The van der Waals surface area contributed by atoms with E-state index in [0.29, 0.717) is 23.0 Å². The normalized spacial score (nSPS) is 10.5. The lowest BCUT2D eigenvalue weighted by Gasteiger charge is -2.18. The maximum atomic E-state index is 12.6. The predicted molar refractivity (Wildman–Crippen MR) is 111 cm³/mol. The highest BCUT2D eigenvalue weighted by Gasteiger charge is 2.16. The van der Waals surface area contributed by atoms with E-state index in [-0.39, 0.29) is 25.0 Å². The molecule has 0 bridgehead atoms. The van der Waals surface area contributed by atoms with E-state index < -0.39 is 0 Å². The van der Waals surface area contributed by atoms with Crippen LogP contribution in [0.1, 0.15) is 33.2 Å². The Kier molecular flexibility index (Phi) is 6.46. The number of rotatable bonds is 7. The van der Waals surface area contributed by atoms with Crippen LogP contribution < -0.4 is 10.1 Å². The molecular formula is C22H24N4O4. The standard InChI is InChI=1S/C22H24N4O4/c1-14-6-5-7-15(2)21(14)24-20(27)12-26(4)22(28)17-8-10-18(11-9-17)29-13-19-23-16(3)30-25-19/h5-11H,12-13H2,1-4H3,(H,24,27). The van der Waals surface area contributed by atoms with Gasteiger partial charge in [-0.2, -0.15) is 4.98 Å². The second kappa shape index (κ2) is 9.21. The van der Waals surface area contributed by atoms with Crippen LogP contribution in [0.25, 0.3) is 0 Å². The Bertz CT molecular complexity index is 1020. The fourth-order valence-electron chi connectivity index (χ4n) is 2.94. The molecule has 3 rings (SSSR count). The minimum Gasteiger partial charge on any atom is -0.485 e. The molecule has 0 aliphatic heterocycles. The number of likely N-dealkylation sites (N-methyl/N-ethyl adjacent to an activating group) is 1. The first kappa shape index (κ1) is 21.0. The number of ether oxygens (including phenoxy) is 1. The number of hydrogen-bond acceptors (Lipinski definition) is 6. The van der Waals surface area contributed by atoms with Gasteiger partial charge in [0.25, 0.3) is 5.91 Å². The van der Waals surface area contributed by atoms with Crippen LogP contribution in [0.15, 0.2) is 47.0 Å². The van der Waals surface area contributed by atoms with Crippen molar-refractivity contribution < 1.29 is 18.8 Å². The number of benzene rings is 2. The molecule has 0 saturated carbocycles. The summed E-state index contributed by atoms with van der Waals surface area (Å²) < 4.78 is 10.5. The molecule has 2 aromatic carbocycles. The molecule has 0 atom stereocenters. The second-order valence-corrected chi connectivity index (χ2v) is 7.02. The molecule has 3 aromatic rings. The van der Waals surface area contributed by atoms with Crippen molar-refractivity contribution in [1.82, 2.24) is 15.0 Å². The van der Waals surface area contributed by atoms with E-state index in [1.54, 1.807) is 38.2 Å². The molecule has 1 aromatic heterocycles. The van der Waals surface area contributed by atoms with Crippen LogP contribution in [0.2, 0.25) is 0 Å². The zero-order valence-corrected chi connectivity index (χ0v) is 17.4. The molecular weight excluding hydrogens is 384 g/mol. The van der Waals surface area contributed by atoms with Gasteiger partial charge in [0.1, 0.15) is 5.75 Å². The van der Waals surface area contributed by atoms with Crippen molar-refractivity contribution in [3.05, 3.63) is 70.9 Å². The number of amides is 2. The van der Waals surface area contributed by atoms with Gasteiger partial charge in [-0.05, 0) is 49.2 Å². The Labute approximate surface area is 174 Å². The molecule has 0 spiro atoms. The predicted octanol–water partition coefficient (Wildman–Crippen LogP) is 3.28. The van der Waals surface area contributed by atoms with Crippen molar-refractivity contribution >= 4 is 17.5 Å². The van der Waals surface area contributed by atoms with Crippen molar-refractivity contribution in [2.75, 3.05) is 18.9 Å². The number of carbonyl (C=O) groups excluding carboxylic acids is 2. The summed E-state index contributed by atoms with van der Waals surface area (Å²) in [6.45, 7) is 5.68. The third kappa shape index (κ3) is 5.22. The molecule has 156 valence electrons. The van der Waals surface area contributed by atoms with Crippen LogP contribution in [-0.2, 0) is 11.4 Å². The summed E-state index contributed by atoms with van der Waals surface area (Å²) in [5, 5.41) is 6.64. The SMILES string of the molecule is Cc1nc(COc2ccc(C(=O)N(C)CC(=O)Nc3c(C)cccc3C)cc2)no1. The first-order chi connectivity index (χ1) is 14.3. The average molecular weight is 408 g/mol. The van der Waals surface area contributed by atoms with Gasteiger partial charge < -0.3 is 19.5 Å². The number of nitrogens with one attached hydrogen (secondary N) is 1. The fraction of sp³-hybridized carbons (Fsp3) is 0.273. The first-order valence-corrected chi connectivity index (χ1v) is 9.47. The van der Waals surface area contributed by atoms with Gasteiger partial charge in [-0.25, -0.2) is 0 Å². The molecule has 0 fully saturated rings. The van der Waals surface area contributed by atoms with E-state index in [4.69, 9.17) is 9.26 Å².